The summed E-state index contributed by atoms with van der Waals surface area (Å²) in [7, 11) is 4.29. The summed E-state index contributed by atoms with van der Waals surface area (Å²) < 4.78 is 0. The number of aliphatic hydroxyl groups excluding tert-OH is 1. The van der Waals surface area contributed by atoms with E-state index in [1.54, 1.807) is 0 Å². The molecule has 0 saturated heterocycles. The smallest absolute Gasteiger partial charge is 0.0726 e. The normalized spacial score (nSPS) is 37.7. The van der Waals surface area contributed by atoms with Crippen LogP contribution in [0.1, 0.15) is 51.9 Å². The minimum Gasteiger partial charge on any atom is -0.391 e. The van der Waals surface area contributed by atoms with Gasteiger partial charge >= 0.3 is 0 Å². The average molecular weight is 225 g/mol. The zero-order valence-corrected chi connectivity index (χ0v) is 11.1. The van der Waals surface area contributed by atoms with E-state index in [9.17, 15) is 5.11 Å². The van der Waals surface area contributed by atoms with Crippen molar-refractivity contribution in [3.8, 4) is 0 Å². The minimum absolute atomic E-state index is 0.0697. The van der Waals surface area contributed by atoms with Crippen LogP contribution in [0, 0.1) is 11.8 Å². The van der Waals surface area contributed by atoms with E-state index in [0.29, 0.717) is 0 Å². The van der Waals surface area contributed by atoms with E-state index in [1.165, 1.54) is 38.5 Å². The quantitative estimate of drug-likeness (QED) is 0.795. The molecule has 0 heterocycles. The van der Waals surface area contributed by atoms with Crippen LogP contribution in [-0.4, -0.2) is 35.7 Å². The Labute approximate surface area is 100 Å². The van der Waals surface area contributed by atoms with Gasteiger partial charge in [-0.2, -0.15) is 0 Å². The predicted octanol–water partition coefficient (Wildman–Crippen LogP) is 2.66. The molecule has 2 aliphatic rings. The number of aliphatic hydroxyl groups is 1. The minimum atomic E-state index is -0.113. The van der Waals surface area contributed by atoms with Crippen molar-refractivity contribution >= 4 is 0 Å². The first-order chi connectivity index (χ1) is 7.54. The fourth-order valence-corrected chi connectivity index (χ4v) is 3.46. The molecule has 2 saturated carbocycles. The summed E-state index contributed by atoms with van der Waals surface area (Å²) in [5.41, 5.74) is 0.0697. The molecule has 2 nitrogen and oxygen atoms in total. The molecule has 3 unspecified atom stereocenters. The lowest BCUT2D eigenvalue weighted by molar-refractivity contribution is -0.0490. The van der Waals surface area contributed by atoms with Crippen molar-refractivity contribution < 1.29 is 5.11 Å². The van der Waals surface area contributed by atoms with Crippen LogP contribution in [0.5, 0.6) is 0 Å². The molecule has 2 aliphatic carbocycles. The number of likely N-dealkylation sites (N-methyl/N-ethyl adjacent to an activating group) is 1. The molecule has 0 aromatic rings. The van der Waals surface area contributed by atoms with Gasteiger partial charge in [0.25, 0.3) is 0 Å². The fraction of sp³-hybridized carbons (Fsp3) is 1.00. The lowest BCUT2D eigenvalue weighted by Gasteiger charge is -2.48. The summed E-state index contributed by atoms with van der Waals surface area (Å²) in [4.78, 5) is 2.30. The van der Waals surface area contributed by atoms with Gasteiger partial charge in [-0.15, -0.1) is 0 Å². The van der Waals surface area contributed by atoms with Gasteiger partial charge in [0.1, 0.15) is 0 Å². The van der Waals surface area contributed by atoms with Gasteiger partial charge in [0.15, 0.2) is 0 Å². The molecule has 2 rings (SSSR count). The summed E-state index contributed by atoms with van der Waals surface area (Å²) in [5.74, 6) is 1.59. The standard InChI is InChI=1S/C14H27NO/c1-11-5-4-8-14(10-11,15(2)3)13(16)9-12-6-7-12/h11-13,16H,4-10H2,1-3H3. The zero-order valence-electron chi connectivity index (χ0n) is 11.1. The fourth-order valence-electron chi connectivity index (χ4n) is 3.46. The van der Waals surface area contributed by atoms with Crippen molar-refractivity contribution in [3.63, 3.8) is 0 Å². The van der Waals surface area contributed by atoms with E-state index in [4.69, 9.17) is 0 Å². The van der Waals surface area contributed by atoms with E-state index in [0.717, 1.165) is 18.3 Å². The van der Waals surface area contributed by atoms with Gasteiger partial charge in [0, 0.05) is 5.54 Å². The zero-order chi connectivity index (χ0) is 11.8. The molecule has 3 atom stereocenters. The molecular weight excluding hydrogens is 198 g/mol. The van der Waals surface area contributed by atoms with Crippen LogP contribution < -0.4 is 0 Å². The van der Waals surface area contributed by atoms with E-state index < -0.39 is 0 Å². The van der Waals surface area contributed by atoms with Crippen LogP contribution in [0.4, 0.5) is 0 Å². The Morgan fingerprint density at radius 1 is 1.31 bits per heavy atom. The van der Waals surface area contributed by atoms with Crippen LogP contribution in [-0.2, 0) is 0 Å². The number of hydrogen-bond donors (Lipinski definition) is 1. The SMILES string of the molecule is CC1CCCC(C(O)CC2CC2)(N(C)C)C1. The molecule has 0 aromatic carbocycles. The Morgan fingerprint density at radius 3 is 2.50 bits per heavy atom. The summed E-state index contributed by atoms with van der Waals surface area (Å²) >= 11 is 0. The van der Waals surface area contributed by atoms with E-state index >= 15 is 0 Å². The lowest BCUT2D eigenvalue weighted by Crippen LogP contribution is -2.56. The first-order valence-electron chi connectivity index (χ1n) is 6.90. The highest BCUT2D eigenvalue weighted by Crippen LogP contribution is 2.43. The first kappa shape index (κ1) is 12.4. The maximum absolute atomic E-state index is 10.6. The molecule has 0 amide bonds. The van der Waals surface area contributed by atoms with Gasteiger partial charge in [0.2, 0.25) is 0 Å². The largest absolute Gasteiger partial charge is 0.391 e. The van der Waals surface area contributed by atoms with Gasteiger partial charge in [-0.05, 0) is 45.2 Å². The molecule has 2 heteroatoms. The predicted molar refractivity (Wildman–Crippen MR) is 67.4 cm³/mol. The molecule has 16 heavy (non-hydrogen) atoms. The summed E-state index contributed by atoms with van der Waals surface area (Å²) in [6.45, 7) is 2.33. The van der Waals surface area contributed by atoms with E-state index in [2.05, 4.69) is 25.9 Å². The van der Waals surface area contributed by atoms with Crippen molar-refractivity contribution in [3.05, 3.63) is 0 Å². The Bertz CT molecular complexity index is 237. The first-order valence-corrected chi connectivity index (χ1v) is 6.90. The van der Waals surface area contributed by atoms with Gasteiger partial charge in [-0.25, -0.2) is 0 Å². The third-order valence-corrected chi connectivity index (χ3v) is 4.77. The third kappa shape index (κ3) is 2.43. The van der Waals surface area contributed by atoms with Crippen molar-refractivity contribution in [2.24, 2.45) is 11.8 Å². The van der Waals surface area contributed by atoms with Crippen molar-refractivity contribution in [2.75, 3.05) is 14.1 Å². The molecule has 2 fully saturated rings. The van der Waals surface area contributed by atoms with Gasteiger partial charge in [0.05, 0.1) is 6.10 Å². The summed E-state index contributed by atoms with van der Waals surface area (Å²) in [6.07, 6.45) is 8.58. The van der Waals surface area contributed by atoms with Gasteiger partial charge in [-0.1, -0.05) is 32.6 Å². The molecule has 0 radical (unpaired) electrons. The summed E-state index contributed by atoms with van der Waals surface area (Å²) in [6, 6.07) is 0. The second kappa shape index (κ2) is 4.66. The highest BCUT2D eigenvalue weighted by molar-refractivity contribution is 5.00. The molecule has 0 aliphatic heterocycles. The maximum atomic E-state index is 10.6. The van der Waals surface area contributed by atoms with Crippen molar-refractivity contribution in [1.82, 2.24) is 4.90 Å². The molecule has 1 N–H and O–H groups in total. The Balaban J connectivity index is 2.06. The van der Waals surface area contributed by atoms with E-state index in [1.807, 2.05) is 0 Å². The Morgan fingerprint density at radius 2 is 2.00 bits per heavy atom. The van der Waals surface area contributed by atoms with Crippen LogP contribution in [0.15, 0.2) is 0 Å². The molecule has 0 spiro atoms. The average Bonchev–Trinajstić information content (AvgIpc) is 3.01. The van der Waals surface area contributed by atoms with Crippen LogP contribution >= 0.6 is 0 Å². The van der Waals surface area contributed by atoms with Gasteiger partial charge in [-0.3, -0.25) is 0 Å². The van der Waals surface area contributed by atoms with Crippen LogP contribution in [0.25, 0.3) is 0 Å². The highest BCUT2D eigenvalue weighted by Gasteiger charge is 2.44. The number of rotatable bonds is 4. The monoisotopic (exact) mass is 225 g/mol. The molecule has 0 bridgehead atoms. The van der Waals surface area contributed by atoms with Crippen LogP contribution in [0.3, 0.4) is 0 Å². The van der Waals surface area contributed by atoms with Crippen molar-refractivity contribution in [2.45, 2.75) is 63.5 Å². The Hall–Kier alpha value is -0.0800. The molecule has 0 aromatic heterocycles. The molecular formula is C14H27NO. The van der Waals surface area contributed by atoms with Crippen LogP contribution in [0.2, 0.25) is 0 Å². The topological polar surface area (TPSA) is 23.5 Å². The number of nitrogens with zero attached hydrogens (tertiary/aromatic N) is 1. The number of hydrogen-bond acceptors (Lipinski definition) is 2. The van der Waals surface area contributed by atoms with Gasteiger partial charge < -0.3 is 10.0 Å². The molecule has 94 valence electrons. The highest BCUT2D eigenvalue weighted by atomic mass is 16.3. The third-order valence-electron chi connectivity index (χ3n) is 4.77. The maximum Gasteiger partial charge on any atom is 0.0726 e. The lowest BCUT2D eigenvalue weighted by atomic mass is 9.71. The van der Waals surface area contributed by atoms with Crippen molar-refractivity contribution in [1.29, 1.82) is 0 Å². The second-order valence-corrected chi connectivity index (χ2v) is 6.39. The Kier molecular flexibility index (Phi) is 3.60. The second-order valence-electron chi connectivity index (χ2n) is 6.39. The van der Waals surface area contributed by atoms with E-state index in [-0.39, 0.29) is 11.6 Å². The summed E-state index contributed by atoms with van der Waals surface area (Å²) in [5, 5.41) is 10.6.